The molecule has 29 heavy (non-hydrogen) atoms. The Morgan fingerprint density at radius 1 is 1.07 bits per heavy atom. The maximum Gasteiger partial charge on any atom is 0.274 e. The molecule has 0 saturated heterocycles. The second kappa shape index (κ2) is 9.54. The summed E-state index contributed by atoms with van der Waals surface area (Å²) in [5.74, 6) is 1.49. The molecule has 1 amide bonds. The average molecular weight is 392 g/mol. The second-order valence-electron chi connectivity index (χ2n) is 6.45. The molecule has 7 nitrogen and oxygen atoms in total. The van der Waals surface area contributed by atoms with Gasteiger partial charge in [-0.05, 0) is 54.8 Å². The third-order valence-electron chi connectivity index (χ3n) is 4.32. The molecule has 150 valence electrons. The number of benzene rings is 2. The number of nitrogens with zero attached hydrogens (tertiary/aromatic N) is 2. The van der Waals surface area contributed by atoms with E-state index in [-0.39, 0.29) is 11.6 Å². The summed E-state index contributed by atoms with van der Waals surface area (Å²) in [4.78, 5) is 21.1. The minimum atomic E-state index is -0.327. The minimum absolute atomic E-state index is 0.271. The number of ether oxygens (including phenoxy) is 2. The quantitative estimate of drug-likeness (QED) is 0.608. The van der Waals surface area contributed by atoms with Crippen LogP contribution in [0.15, 0.2) is 54.7 Å². The zero-order valence-corrected chi connectivity index (χ0v) is 16.7. The van der Waals surface area contributed by atoms with Crippen LogP contribution in [0.5, 0.6) is 11.5 Å². The Morgan fingerprint density at radius 2 is 1.93 bits per heavy atom. The highest BCUT2D eigenvalue weighted by Crippen LogP contribution is 2.25. The van der Waals surface area contributed by atoms with E-state index in [1.807, 2.05) is 49.4 Å². The van der Waals surface area contributed by atoms with E-state index in [2.05, 4.69) is 20.6 Å². The predicted molar refractivity (Wildman–Crippen MR) is 113 cm³/mol. The van der Waals surface area contributed by atoms with Gasteiger partial charge < -0.3 is 20.1 Å². The largest absolute Gasteiger partial charge is 0.497 e. The van der Waals surface area contributed by atoms with Crippen molar-refractivity contribution in [3.05, 3.63) is 71.5 Å². The Morgan fingerprint density at radius 3 is 2.72 bits per heavy atom. The highest BCUT2D eigenvalue weighted by Gasteiger charge is 2.12. The van der Waals surface area contributed by atoms with Crippen molar-refractivity contribution in [3.63, 3.8) is 0 Å². The number of aromatic nitrogens is 2. The summed E-state index contributed by atoms with van der Waals surface area (Å²) in [6.45, 7) is 2.58. The fourth-order valence-electron chi connectivity index (χ4n) is 2.82. The number of methoxy groups -OCH3 is 2. The van der Waals surface area contributed by atoms with E-state index >= 15 is 0 Å². The van der Waals surface area contributed by atoms with E-state index in [1.54, 1.807) is 26.5 Å². The lowest BCUT2D eigenvalue weighted by atomic mass is 10.1. The van der Waals surface area contributed by atoms with Gasteiger partial charge in [-0.15, -0.1) is 0 Å². The molecule has 1 aromatic heterocycles. The smallest absolute Gasteiger partial charge is 0.274 e. The number of carbonyl (C=O) groups excluding carboxylic acids is 1. The lowest BCUT2D eigenvalue weighted by Crippen LogP contribution is -2.16. The van der Waals surface area contributed by atoms with Crippen LogP contribution in [0.4, 0.5) is 11.6 Å². The number of rotatable bonds is 8. The van der Waals surface area contributed by atoms with Gasteiger partial charge in [0.05, 0.1) is 19.9 Å². The zero-order chi connectivity index (χ0) is 20.6. The molecular formula is C22H24N4O3. The lowest BCUT2D eigenvalue weighted by Gasteiger charge is -2.11. The molecule has 7 heteroatoms. The molecule has 0 fully saturated rings. The maximum absolute atomic E-state index is 12.6. The van der Waals surface area contributed by atoms with E-state index < -0.39 is 0 Å². The first kappa shape index (κ1) is 20.1. The van der Waals surface area contributed by atoms with Crippen molar-refractivity contribution in [2.45, 2.75) is 13.3 Å². The number of nitrogens with one attached hydrogen (secondary N) is 2. The van der Waals surface area contributed by atoms with Crippen molar-refractivity contribution in [2.75, 3.05) is 31.4 Å². The third-order valence-corrected chi connectivity index (χ3v) is 4.32. The van der Waals surface area contributed by atoms with Gasteiger partial charge in [0, 0.05) is 12.7 Å². The van der Waals surface area contributed by atoms with Crippen molar-refractivity contribution >= 4 is 17.5 Å². The van der Waals surface area contributed by atoms with E-state index in [4.69, 9.17) is 9.47 Å². The van der Waals surface area contributed by atoms with Gasteiger partial charge in [0.25, 0.3) is 5.91 Å². The minimum Gasteiger partial charge on any atom is -0.497 e. The van der Waals surface area contributed by atoms with Crippen molar-refractivity contribution in [3.8, 4) is 11.5 Å². The van der Waals surface area contributed by atoms with Gasteiger partial charge in [-0.3, -0.25) is 4.79 Å². The fourth-order valence-corrected chi connectivity index (χ4v) is 2.82. The molecule has 2 aromatic carbocycles. The van der Waals surface area contributed by atoms with Gasteiger partial charge >= 0.3 is 0 Å². The molecule has 3 rings (SSSR count). The molecule has 0 radical (unpaired) electrons. The van der Waals surface area contributed by atoms with Gasteiger partial charge in [0.15, 0.2) is 0 Å². The molecule has 1 heterocycles. The topological polar surface area (TPSA) is 85.4 Å². The summed E-state index contributed by atoms with van der Waals surface area (Å²) in [6, 6.07) is 15.0. The average Bonchev–Trinajstić information content (AvgIpc) is 2.74. The van der Waals surface area contributed by atoms with E-state index in [1.165, 1.54) is 0 Å². The summed E-state index contributed by atoms with van der Waals surface area (Å²) >= 11 is 0. The van der Waals surface area contributed by atoms with E-state index in [9.17, 15) is 4.79 Å². The first-order chi connectivity index (χ1) is 14.1. The molecule has 3 aromatic rings. The SMILES string of the molecule is COc1cccc(CCNc2nccc(C(=O)Nc3cc(C)ccc3OC)n2)c1. The van der Waals surface area contributed by atoms with E-state index in [0.717, 1.165) is 23.3 Å². The Bertz CT molecular complexity index is 991. The van der Waals surface area contributed by atoms with E-state index in [0.29, 0.717) is 23.9 Å². The highest BCUT2D eigenvalue weighted by atomic mass is 16.5. The second-order valence-corrected chi connectivity index (χ2v) is 6.45. The Hall–Kier alpha value is -3.61. The third kappa shape index (κ3) is 5.44. The number of anilines is 2. The molecule has 0 unspecified atom stereocenters. The van der Waals surface area contributed by atoms with Crippen molar-refractivity contribution < 1.29 is 14.3 Å². The molecular weight excluding hydrogens is 368 g/mol. The number of carbonyl (C=O) groups is 1. The number of aryl methyl sites for hydroxylation is 1. The van der Waals surface area contributed by atoms with Crippen LogP contribution in [0, 0.1) is 6.92 Å². The number of hydrogen-bond donors (Lipinski definition) is 2. The molecule has 0 spiro atoms. The molecule has 0 saturated carbocycles. The molecule has 0 bridgehead atoms. The maximum atomic E-state index is 12.6. The number of amides is 1. The van der Waals surface area contributed by atoms with Crippen LogP contribution in [0.1, 0.15) is 21.6 Å². The highest BCUT2D eigenvalue weighted by molar-refractivity contribution is 6.03. The zero-order valence-electron chi connectivity index (χ0n) is 16.7. The molecule has 2 N–H and O–H groups in total. The summed E-state index contributed by atoms with van der Waals surface area (Å²) in [5, 5.41) is 6.00. The van der Waals surface area contributed by atoms with Crippen molar-refractivity contribution in [1.29, 1.82) is 0 Å². The lowest BCUT2D eigenvalue weighted by molar-refractivity contribution is 0.102. The van der Waals surface area contributed by atoms with Gasteiger partial charge in [0.2, 0.25) is 5.95 Å². The van der Waals surface area contributed by atoms with Gasteiger partial charge in [-0.2, -0.15) is 0 Å². The first-order valence-corrected chi connectivity index (χ1v) is 9.25. The van der Waals surface area contributed by atoms with Gasteiger partial charge in [-0.25, -0.2) is 9.97 Å². The summed E-state index contributed by atoms with van der Waals surface area (Å²) in [7, 11) is 3.21. The molecule has 0 aliphatic heterocycles. The number of hydrogen-bond acceptors (Lipinski definition) is 6. The predicted octanol–water partition coefficient (Wildman–Crippen LogP) is 3.71. The van der Waals surface area contributed by atoms with Crippen LogP contribution in [0.25, 0.3) is 0 Å². The fraction of sp³-hybridized carbons (Fsp3) is 0.227. The summed E-state index contributed by atoms with van der Waals surface area (Å²) < 4.78 is 10.5. The van der Waals surface area contributed by atoms with Crippen LogP contribution < -0.4 is 20.1 Å². The van der Waals surface area contributed by atoms with Gasteiger partial charge in [-0.1, -0.05) is 18.2 Å². The van der Waals surface area contributed by atoms with Gasteiger partial charge in [0.1, 0.15) is 17.2 Å². The monoisotopic (exact) mass is 392 g/mol. The van der Waals surface area contributed by atoms with Crippen LogP contribution in [-0.4, -0.2) is 36.6 Å². The molecule has 0 atom stereocenters. The van der Waals surface area contributed by atoms with Crippen molar-refractivity contribution in [1.82, 2.24) is 9.97 Å². The first-order valence-electron chi connectivity index (χ1n) is 9.25. The summed E-state index contributed by atoms with van der Waals surface area (Å²) in [6.07, 6.45) is 2.33. The normalized spacial score (nSPS) is 10.3. The summed E-state index contributed by atoms with van der Waals surface area (Å²) in [5.41, 5.74) is 3.03. The van der Waals surface area contributed by atoms with Crippen LogP contribution in [0.2, 0.25) is 0 Å². The van der Waals surface area contributed by atoms with Crippen LogP contribution in [0.3, 0.4) is 0 Å². The Labute approximate surface area is 170 Å². The van der Waals surface area contributed by atoms with Crippen LogP contribution in [-0.2, 0) is 6.42 Å². The Balaban J connectivity index is 1.63. The standard InChI is InChI=1S/C22H24N4O3/c1-15-7-8-20(29-3)19(13-15)25-21(27)18-10-12-24-22(26-18)23-11-9-16-5-4-6-17(14-16)28-2/h4-8,10,12-14H,9,11H2,1-3H3,(H,25,27)(H,23,24,26). The molecule has 0 aliphatic carbocycles. The Kier molecular flexibility index (Phi) is 6.63. The van der Waals surface area contributed by atoms with Crippen LogP contribution >= 0.6 is 0 Å². The van der Waals surface area contributed by atoms with Crippen molar-refractivity contribution in [2.24, 2.45) is 0 Å². The molecule has 0 aliphatic rings.